The molecule has 0 unspecified atom stereocenters. The van der Waals surface area contributed by atoms with E-state index in [4.69, 9.17) is 46.4 Å². The topological polar surface area (TPSA) is 49.4 Å². The summed E-state index contributed by atoms with van der Waals surface area (Å²) in [7, 11) is 0. The molecule has 0 bridgehead atoms. The summed E-state index contributed by atoms with van der Waals surface area (Å²) in [4.78, 5) is 28.2. The zero-order chi connectivity index (χ0) is 24.7. The van der Waals surface area contributed by atoms with Crippen molar-refractivity contribution in [1.29, 1.82) is 0 Å². The van der Waals surface area contributed by atoms with Crippen molar-refractivity contribution < 1.29 is 9.59 Å². The summed E-state index contributed by atoms with van der Waals surface area (Å²) in [6.07, 6.45) is 4.72. The standard InChI is InChI=1S/C25H28Cl4N2O2S/c1-2-23(25(33)30-19-5-3-4-6-19)31(13-17-8-9-18(26)12-21(17)28)24(32)15-34-14-16-7-10-20(27)22(29)11-16/h7-12,19,23H,2-6,13-15H2,1H3,(H,30,33)/t23-/m0/s1. The second-order valence-corrected chi connectivity index (χ2v) is 11.1. The van der Waals surface area contributed by atoms with Crippen molar-refractivity contribution in [1.82, 2.24) is 10.2 Å². The number of halogens is 4. The first-order chi connectivity index (χ1) is 16.3. The monoisotopic (exact) mass is 560 g/mol. The Morgan fingerprint density at radius 1 is 1.03 bits per heavy atom. The minimum absolute atomic E-state index is 0.109. The van der Waals surface area contributed by atoms with Gasteiger partial charge in [-0.25, -0.2) is 0 Å². The molecule has 1 saturated carbocycles. The van der Waals surface area contributed by atoms with Crippen molar-refractivity contribution in [2.24, 2.45) is 0 Å². The van der Waals surface area contributed by atoms with Crippen LogP contribution in [0.5, 0.6) is 0 Å². The molecule has 0 heterocycles. The molecule has 1 N–H and O–H groups in total. The summed E-state index contributed by atoms with van der Waals surface area (Å²) in [5, 5.41) is 5.13. The van der Waals surface area contributed by atoms with Crippen LogP contribution in [0, 0.1) is 0 Å². The van der Waals surface area contributed by atoms with E-state index in [1.54, 1.807) is 35.2 Å². The van der Waals surface area contributed by atoms with Gasteiger partial charge < -0.3 is 10.2 Å². The Labute approximate surface area is 225 Å². The van der Waals surface area contributed by atoms with Gasteiger partial charge in [0.25, 0.3) is 0 Å². The molecule has 0 saturated heterocycles. The summed E-state index contributed by atoms with van der Waals surface area (Å²) >= 11 is 26.0. The summed E-state index contributed by atoms with van der Waals surface area (Å²) < 4.78 is 0. The highest BCUT2D eigenvalue weighted by molar-refractivity contribution is 7.99. The first-order valence-corrected chi connectivity index (χ1v) is 14.0. The Kier molecular flexibility index (Phi) is 10.7. The van der Waals surface area contributed by atoms with E-state index >= 15 is 0 Å². The second kappa shape index (κ2) is 13.3. The summed E-state index contributed by atoms with van der Waals surface area (Å²) in [5.41, 5.74) is 1.73. The molecule has 0 aromatic heterocycles. The van der Waals surface area contributed by atoms with E-state index in [1.165, 1.54) is 11.8 Å². The molecule has 2 aromatic rings. The van der Waals surface area contributed by atoms with Crippen LogP contribution in [0.2, 0.25) is 20.1 Å². The zero-order valence-electron chi connectivity index (χ0n) is 19.0. The van der Waals surface area contributed by atoms with Crippen LogP contribution in [0.4, 0.5) is 0 Å². The Morgan fingerprint density at radius 3 is 2.41 bits per heavy atom. The Hall–Kier alpha value is -1.11. The minimum atomic E-state index is -0.578. The molecule has 4 nitrogen and oxygen atoms in total. The molecule has 2 aromatic carbocycles. The highest BCUT2D eigenvalue weighted by Gasteiger charge is 2.30. The lowest BCUT2D eigenvalue weighted by Crippen LogP contribution is -2.51. The number of benzene rings is 2. The van der Waals surface area contributed by atoms with Gasteiger partial charge >= 0.3 is 0 Å². The lowest BCUT2D eigenvalue weighted by Gasteiger charge is -2.31. The van der Waals surface area contributed by atoms with Crippen LogP contribution in [0.3, 0.4) is 0 Å². The molecule has 9 heteroatoms. The third-order valence-corrected chi connectivity index (χ3v) is 8.24. The van der Waals surface area contributed by atoms with Gasteiger partial charge in [0.1, 0.15) is 6.04 Å². The van der Waals surface area contributed by atoms with E-state index in [0.717, 1.165) is 36.8 Å². The molecule has 0 spiro atoms. The predicted molar refractivity (Wildman–Crippen MR) is 144 cm³/mol. The van der Waals surface area contributed by atoms with Crippen molar-refractivity contribution in [2.45, 2.75) is 63.4 Å². The Bertz CT molecular complexity index is 1010. The third kappa shape index (κ3) is 7.69. The van der Waals surface area contributed by atoms with Gasteiger partial charge in [-0.2, -0.15) is 0 Å². The van der Waals surface area contributed by atoms with Gasteiger partial charge in [0.05, 0.1) is 15.8 Å². The van der Waals surface area contributed by atoms with E-state index in [2.05, 4.69) is 5.32 Å². The van der Waals surface area contributed by atoms with E-state index in [1.807, 2.05) is 13.0 Å². The van der Waals surface area contributed by atoms with Gasteiger partial charge in [0, 0.05) is 28.4 Å². The number of nitrogens with zero attached hydrogens (tertiary/aromatic N) is 1. The van der Waals surface area contributed by atoms with E-state index < -0.39 is 6.04 Å². The first kappa shape index (κ1) is 27.5. The molecule has 184 valence electrons. The lowest BCUT2D eigenvalue weighted by atomic mass is 10.1. The van der Waals surface area contributed by atoms with Crippen LogP contribution >= 0.6 is 58.2 Å². The van der Waals surface area contributed by atoms with Crippen LogP contribution in [0.1, 0.15) is 50.2 Å². The number of rotatable bonds is 10. The maximum absolute atomic E-state index is 13.4. The smallest absolute Gasteiger partial charge is 0.243 e. The normalized spacial score (nSPS) is 14.7. The molecule has 1 atom stereocenters. The van der Waals surface area contributed by atoms with Crippen molar-refractivity contribution in [2.75, 3.05) is 5.75 Å². The minimum Gasteiger partial charge on any atom is -0.352 e. The molecule has 3 rings (SSSR count). The fourth-order valence-corrected chi connectivity index (χ4v) is 5.74. The van der Waals surface area contributed by atoms with Crippen LogP contribution in [0.25, 0.3) is 0 Å². The highest BCUT2D eigenvalue weighted by Crippen LogP contribution is 2.27. The molecular weight excluding hydrogens is 534 g/mol. The molecular formula is C25H28Cl4N2O2S. The number of nitrogens with one attached hydrogen (secondary N) is 1. The number of hydrogen-bond acceptors (Lipinski definition) is 3. The van der Waals surface area contributed by atoms with E-state index in [-0.39, 0.29) is 30.2 Å². The Balaban J connectivity index is 1.73. The molecule has 1 fully saturated rings. The molecule has 1 aliphatic carbocycles. The number of thioether (sulfide) groups is 1. The molecule has 1 aliphatic rings. The van der Waals surface area contributed by atoms with Crippen LogP contribution in [-0.2, 0) is 21.9 Å². The largest absolute Gasteiger partial charge is 0.352 e. The predicted octanol–water partition coefficient (Wildman–Crippen LogP) is 7.40. The molecule has 0 radical (unpaired) electrons. The van der Waals surface area contributed by atoms with Gasteiger partial charge in [0.15, 0.2) is 0 Å². The average Bonchev–Trinajstić information content (AvgIpc) is 3.30. The zero-order valence-corrected chi connectivity index (χ0v) is 22.8. The maximum atomic E-state index is 13.4. The van der Waals surface area contributed by atoms with Gasteiger partial charge in [-0.1, -0.05) is 78.3 Å². The van der Waals surface area contributed by atoms with Crippen molar-refractivity contribution in [3.8, 4) is 0 Å². The number of carbonyl (C=O) groups excluding carboxylic acids is 2. The van der Waals surface area contributed by atoms with Crippen molar-refractivity contribution in [3.63, 3.8) is 0 Å². The van der Waals surface area contributed by atoms with Gasteiger partial charge in [0.2, 0.25) is 11.8 Å². The Morgan fingerprint density at radius 2 is 1.76 bits per heavy atom. The molecule has 0 aliphatic heterocycles. The highest BCUT2D eigenvalue weighted by atomic mass is 35.5. The SMILES string of the molecule is CC[C@@H](C(=O)NC1CCCC1)N(Cc1ccc(Cl)cc1Cl)C(=O)CSCc1ccc(Cl)c(Cl)c1. The fourth-order valence-electron chi connectivity index (χ4n) is 4.09. The van der Waals surface area contributed by atoms with Gasteiger partial charge in [-0.15, -0.1) is 11.8 Å². The number of carbonyl (C=O) groups is 2. The van der Waals surface area contributed by atoms with Crippen molar-refractivity contribution >= 4 is 70.0 Å². The summed E-state index contributed by atoms with van der Waals surface area (Å²) in [6.45, 7) is 2.16. The fraction of sp³-hybridized carbons (Fsp3) is 0.440. The van der Waals surface area contributed by atoms with Crippen molar-refractivity contribution in [3.05, 3.63) is 67.6 Å². The summed E-state index contributed by atoms with van der Waals surface area (Å²) in [5.74, 6) is 0.592. The van der Waals surface area contributed by atoms with Crippen LogP contribution in [-0.4, -0.2) is 34.6 Å². The molecule has 2 amide bonds. The molecule has 34 heavy (non-hydrogen) atoms. The van der Waals surface area contributed by atoms with E-state index in [9.17, 15) is 9.59 Å². The van der Waals surface area contributed by atoms with Gasteiger partial charge in [-0.05, 0) is 54.7 Å². The maximum Gasteiger partial charge on any atom is 0.243 e. The quantitative estimate of drug-likeness (QED) is 0.329. The number of amides is 2. The third-order valence-electron chi connectivity index (χ3n) is 5.92. The summed E-state index contributed by atoms with van der Waals surface area (Å²) in [6, 6.07) is 10.2. The average molecular weight is 562 g/mol. The second-order valence-electron chi connectivity index (χ2n) is 8.41. The number of hydrogen-bond donors (Lipinski definition) is 1. The van der Waals surface area contributed by atoms with Crippen LogP contribution < -0.4 is 5.32 Å². The first-order valence-electron chi connectivity index (χ1n) is 11.3. The lowest BCUT2D eigenvalue weighted by molar-refractivity contribution is -0.139. The van der Waals surface area contributed by atoms with Gasteiger partial charge in [-0.3, -0.25) is 9.59 Å². The van der Waals surface area contributed by atoms with Crippen LogP contribution in [0.15, 0.2) is 36.4 Å². The van der Waals surface area contributed by atoms with E-state index in [0.29, 0.717) is 32.3 Å².